The molecule has 2 unspecified atom stereocenters. The van der Waals surface area contributed by atoms with Crippen LogP contribution in [-0.2, 0) is 20.8 Å². The number of fused-ring (bicyclic) bond motifs is 1. The number of benzene rings is 1. The summed E-state index contributed by atoms with van der Waals surface area (Å²) in [5.41, 5.74) is -0.823. The zero-order valence-corrected chi connectivity index (χ0v) is 25.0. The third-order valence-corrected chi connectivity index (χ3v) is 8.16. The maximum Gasteiger partial charge on any atom is 0.333 e. The molecule has 0 spiro atoms. The molecule has 3 atom stereocenters. The predicted octanol–water partition coefficient (Wildman–Crippen LogP) is 2.28. The molecule has 3 heterocycles. The maximum atomic E-state index is 14.5. The first-order valence-electron chi connectivity index (χ1n) is 13.7. The third-order valence-electron chi connectivity index (χ3n) is 6.88. The van der Waals surface area contributed by atoms with Crippen LogP contribution in [0.4, 0.5) is 4.39 Å². The van der Waals surface area contributed by atoms with Gasteiger partial charge in [0.05, 0.1) is 51.3 Å². The normalized spacial score (nSPS) is 13.7. The first-order chi connectivity index (χ1) is 20.6. The van der Waals surface area contributed by atoms with Gasteiger partial charge in [0.1, 0.15) is 39.6 Å². The fourth-order valence-corrected chi connectivity index (χ4v) is 5.77. The van der Waals surface area contributed by atoms with E-state index < -0.39 is 47.9 Å². The van der Waals surface area contributed by atoms with Crippen molar-refractivity contribution in [3.8, 4) is 10.8 Å². The molecule has 0 aliphatic rings. The molecule has 0 aliphatic carbocycles. The van der Waals surface area contributed by atoms with Crippen LogP contribution < -0.4 is 16.0 Å². The van der Waals surface area contributed by atoms with Crippen LogP contribution in [0.3, 0.4) is 0 Å². The SMILES string of the molecule is CCCCOC(=O)C(C)n1c(=O)c2c(C)c(-n3nccn3)sc2n(C[C@@H](OCC(O)CO)c2cc(F)ccc2OC)c1=O. The Morgan fingerprint density at radius 2 is 1.93 bits per heavy atom. The van der Waals surface area contributed by atoms with Crippen LogP contribution in [0.25, 0.3) is 15.2 Å². The minimum Gasteiger partial charge on any atom is -0.496 e. The molecule has 0 radical (unpaired) electrons. The summed E-state index contributed by atoms with van der Waals surface area (Å²) in [6, 6.07) is 2.51. The Hall–Kier alpha value is -3.92. The topological polar surface area (TPSA) is 160 Å². The number of carbonyl (C=O) groups excluding carboxylic acids is 1. The van der Waals surface area contributed by atoms with Crippen molar-refractivity contribution in [1.29, 1.82) is 0 Å². The van der Waals surface area contributed by atoms with E-state index in [0.29, 0.717) is 17.0 Å². The summed E-state index contributed by atoms with van der Waals surface area (Å²) in [4.78, 5) is 42.5. The Labute approximate surface area is 249 Å². The van der Waals surface area contributed by atoms with Crippen molar-refractivity contribution in [1.82, 2.24) is 24.1 Å². The number of nitrogens with zero attached hydrogens (tertiary/aromatic N) is 5. The number of hydrogen-bond donors (Lipinski definition) is 2. The van der Waals surface area contributed by atoms with E-state index in [-0.39, 0.29) is 41.3 Å². The highest BCUT2D eigenvalue weighted by Gasteiger charge is 2.29. The van der Waals surface area contributed by atoms with Crippen molar-refractivity contribution in [3.05, 3.63) is 68.4 Å². The number of ether oxygens (including phenoxy) is 3. The highest BCUT2D eigenvalue weighted by atomic mass is 32.1. The fourth-order valence-electron chi connectivity index (χ4n) is 4.55. The third kappa shape index (κ3) is 6.69. The number of esters is 1. The Bertz CT molecular complexity index is 1680. The lowest BCUT2D eigenvalue weighted by molar-refractivity contribution is -0.147. The van der Waals surface area contributed by atoms with E-state index in [1.165, 1.54) is 54.0 Å². The van der Waals surface area contributed by atoms with Crippen molar-refractivity contribution >= 4 is 27.5 Å². The van der Waals surface area contributed by atoms with E-state index in [9.17, 15) is 29.0 Å². The number of hydrogen-bond acceptors (Lipinski definition) is 11. The second-order valence-corrected chi connectivity index (χ2v) is 10.8. The summed E-state index contributed by atoms with van der Waals surface area (Å²) < 4.78 is 33.2. The van der Waals surface area contributed by atoms with E-state index >= 15 is 0 Å². The van der Waals surface area contributed by atoms with Crippen LogP contribution in [0.5, 0.6) is 5.75 Å². The number of unbranched alkanes of at least 4 members (excludes halogenated alkanes) is 1. The first-order valence-corrected chi connectivity index (χ1v) is 14.5. The van der Waals surface area contributed by atoms with Gasteiger partial charge in [-0.2, -0.15) is 10.2 Å². The highest BCUT2D eigenvalue weighted by Crippen LogP contribution is 2.34. The Morgan fingerprint density at radius 3 is 2.58 bits per heavy atom. The van der Waals surface area contributed by atoms with Crippen molar-refractivity contribution in [2.24, 2.45) is 0 Å². The van der Waals surface area contributed by atoms with Crippen molar-refractivity contribution in [2.45, 2.75) is 58.4 Å². The van der Waals surface area contributed by atoms with E-state index in [1.807, 2.05) is 6.92 Å². The standard InChI is InChI=1S/C28H34FN5O8S/c1-5-6-11-41-27(38)17(3)33-24(37)23-16(2)25(34-30-9-10-31-34)43-26(23)32(28(33)39)13-22(42-15-19(36)14-35)20-12-18(29)7-8-21(20)40-4/h7-10,12,17,19,22,35-36H,5-6,11,13-15H2,1-4H3/t17?,19?,22-/m1/s1. The lowest BCUT2D eigenvalue weighted by Crippen LogP contribution is -2.44. The number of aliphatic hydroxyl groups is 2. The molecule has 1 aromatic carbocycles. The molecule has 4 aromatic rings. The van der Waals surface area contributed by atoms with Crippen molar-refractivity contribution < 1.29 is 33.6 Å². The first kappa shape index (κ1) is 32.0. The van der Waals surface area contributed by atoms with Gasteiger partial charge in [0.25, 0.3) is 5.56 Å². The van der Waals surface area contributed by atoms with Gasteiger partial charge in [-0.15, -0.1) is 4.80 Å². The van der Waals surface area contributed by atoms with E-state index in [2.05, 4.69) is 10.2 Å². The summed E-state index contributed by atoms with van der Waals surface area (Å²) in [6.45, 7) is 3.94. The molecule has 43 heavy (non-hydrogen) atoms. The molecule has 0 aliphatic heterocycles. The molecule has 0 saturated carbocycles. The summed E-state index contributed by atoms with van der Waals surface area (Å²) >= 11 is 1.08. The maximum absolute atomic E-state index is 14.5. The van der Waals surface area contributed by atoms with Crippen molar-refractivity contribution in [2.75, 3.05) is 26.9 Å². The number of carbonyl (C=O) groups is 1. The Balaban J connectivity index is 1.95. The van der Waals surface area contributed by atoms with Crippen LogP contribution in [0.2, 0.25) is 0 Å². The van der Waals surface area contributed by atoms with E-state index in [1.54, 1.807) is 6.92 Å². The molecule has 4 rings (SSSR count). The van der Waals surface area contributed by atoms with Gasteiger partial charge in [0.15, 0.2) is 0 Å². The summed E-state index contributed by atoms with van der Waals surface area (Å²) in [6.07, 6.45) is 1.99. The molecule has 2 N–H and O–H groups in total. The second kappa shape index (κ2) is 14.0. The monoisotopic (exact) mass is 619 g/mol. The van der Waals surface area contributed by atoms with Crippen LogP contribution in [0, 0.1) is 12.7 Å². The molecular weight excluding hydrogens is 585 g/mol. The van der Waals surface area contributed by atoms with Gasteiger partial charge in [-0.1, -0.05) is 24.7 Å². The number of rotatable bonds is 14. The molecule has 15 heteroatoms. The van der Waals surface area contributed by atoms with Gasteiger partial charge >= 0.3 is 11.7 Å². The van der Waals surface area contributed by atoms with Gasteiger partial charge in [-0.25, -0.2) is 18.5 Å². The predicted molar refractivity (Wildman–Crippen MR) is 155 cm³/mol. The van der Waals surface area contributed by atoms with Gasteiger partial charge in [0.2, 0.25) is 0 Å². The average Bonchev–Trinajstić information content (AvgIpc) is 3.64. The second-order valence-electron chi connectivity index (χ2n) is 9.84. The number of methoxy groups -OCH3 is 1. The Kier molecular flexibility index (Phi) is 10.4. The zero-order chi connectivity index (χ0) is 31.3. The number of thiophene rings is 1. The van der Waals surface area contributed by atoms with Gasteiger partial charge < -0.3 is 24.4 Å². The van der Waals surface area contributed by atoms with E-state index in [4.69, 9.17) is 14.2 Å². The van der Waals surface area contributed by atoms with Crippen LogP contribution in [0.1, 0.15) is 50.0 Å². The molecule has 0 saturated heterocycles. The molecule has 13 nitrogen and oxygen atoms in total. The molecular formula is C28H34FN5O8S. The minimum absolute atomic E-state index is 0.139. The summed E-state index contributed by atoms with van der Waals surface area (Å²) in [7, 11) is 1.39. The lowest BCUT2D eigenvalue weighted by Gasteiger charge is -2.24. The van der Waals surface area contributed by atoms with Gasteiger partial charge in [-0.05, 0) is 38.5 Å². The number of aromatic nitrogens is 5. The largest absolute Gasteiger partial charge is 0.496 e. The average molecular weight is 620 g/mol. The van der Waals surface area contributed by atoms with Crippen LogP contribution in [-0.4, -0.2) is 73.3 Å². The van der Waals surface area contributed by atoms with E-state index in [0.717, 1.165) is 22.3 Å². The van der Waals surface area contributed by atoms with Gasteiger partial charge in [0, 0.05) is 11.1 Å². The number of aliphatic hydroxyl groups excluding tert-OH is 2. The molecule has 232 valence electrons. The van der Waals surface area contributed by atoms with Crippen LogP contribution in [0.15, 0.2) is 40.2 Å². The number of aryl methyl sites for hydroxylation is 1. The minimum atomic E-state index is -1.27. The highest BCUT2D eigenvalue weighted by molar-refractivity contribution is 7.21. The quantitative estimate of drug-likeness (QED) is 0.158. The molecule has 0 fully saturated rings. The molecule has 3 aromatic heterocycles. The number of halogens is 1. The molecule has 0 bridgehead atoms. The summed E-state index contributed by atoms with van der Waals surface area (Å²) in [5.74, 6) is -1.10. The fraction of sp³-hybridized carbons (Fsp3) is 0.464. The zero-order valence-electron chi connectivity index (χ0n) is 24.2. The Morgan fingerprint density at radius 1 is 1.21 bits per heavy atom. The van der Waals surface area contributed by atoms with Crippen LogP contribution >= 0.6 is 11.3 Å². The molecule has 0 amide bonds. The van der Waals surface area contributed by atoms with Crippen molar-refractivity contribution in [3.63, 3.8) is 0 Å². The summed E-state index contributed by atoms with van der Waals surface area (Å²) in [5, 5.41) is 28.3. The smallest absolute Gasteiger partial charge is 0.333 e. The lowest BCUT2D eigenvalue weighted by atomic mass is 10.1. The van der Waals surface area contributed by atoms with Gasteiger partial charge in [-0.3, -0.25) is 9.36 Å².